The zero-order chi connectivity index (χ0) is 16.8. The van der Waals surface area contributed by atoms with Crippen molar-refractivity contribution in [3.63, 3.8) is 0 Å². The predicted octanol–water partition coefficient (Wildman–Crippen LogP) is 3.26. The Morgan fingerprint density at radius 2 is 2.00 bits per heavy atom. The number of nitrogens with one attached hydrogen (secondary N) is 2. The number of para-hydroxylation sites is 2. The van der Waals surface area contributed by atoms with Crippen molar-refractivity contribution in [2.24, 2.45) is 0 Å². The van der Waals surface area contributed by atoms with E-state index >= 15 is 0 Å². The van der Waals surface area contributed by atoms with Crippen LogP contribution in [0.1, 0.15) is 0 Å². The number of nitrogens with zero attached hydrogens (tertiary/aromatic N) is 2. The predicted molar refractivity (Wildman–Crippen MR) is 95.5 cm³/mol. The van der Waals surface area contributed by atoms with Crippen molar-refractivity contribution in [2.45, 2.75) is 0 Å². The number of methoxy groups -OCH3 is 1. The third kappa shape index (κ3) is 3.88. The molecule has 1 aromatic carbocycles. The number of rotatable bonds is 6. The maximum absolute atomic E-state index is 12.1. The zero-order valence-electron chi connectivity index (χ0n) is 13.0. The lowest BCUT2D eigenvalue weighted by Crippen LogP contribution is -2.21. The van der Waals surface area contributed by atoms with Gasteiger partial charge >= 0.3 is 0 Å². The lowest BCUT2D eigenvalue weighted by Gasteiger charge is -2.10. The Bertz CT molecular complexity index is 820. The Morgan fingerprint density at radius 1 is 1.21 bits per heavy atom. The molecular formula is C17H16N4O2S. The minimum absolute atomic E-state index is 0.130. The summed E-state index contributed by atoms with van der Waals surface area (Å²) in [6.45, 7) is 0.130. The van der Waals surface area contributed by atoms with Crippen molar-refractivity contribution < 1.29 is 9.53 Å². The van der Waals surface area contributed by atoms with Gasteiger partial charge in [-0.1, -0.05) is 12.1 Å². The number of carbonyl (C=O) groups is 1. The molecule has 0 saturated heterocycles. The number of anilines is 2. The Morgan fingerprint density at radius 3 is 2.79 bits per heavy atom. The van der Waals surface area contributed by atoms with Crippen LogP contribution in [0, 0.1) is 0 Å². The first kappa shape index (κ1) is 15.9. The Balaban J connectivity index is 1.58. The minimum atomic E-state index is -0.170. The van der Waals surface area contributed by atoms with Crippen molar-refractivity contribution in [3.05, 3.63) is 54.2 Å². The average Bonchev–Trinajstić information content (AvgIpc) is 3.09. The first-order valence-corrected chi connectivity index (χ1v) is 8.17. The molecule has 24 heavy (non-hydrogen) atoms. The molecule has 6 nitrogen and oxygen atoms in total. The Kier molecular flexibility index (Phi) is 5.02. The maximum atomic E-state index is 12.1. The van der Waals surface area contributed by atoms with Crippen molar-refractivity contribution in [2.75, 3.05) is 24.3 Å². The van der Waals surface area contributed by atoms with Crippen molar-refractivity contribution in [1.29, 1.82) is 0 Å². The highest BCUT2D eigenvalue weighted by Crippen LogP contribution is 2.25. The third-order valence-electron chi connectivity index (χ3n) is 3.27. The summed E-state index contributed by atoms with van der Waals surface area (Å²) in [6.07, 6.45) is 3.42. The van der Waals surface area contributed by atoms with Crippen LogP contribution in [-0.2, 0) is 4.79 Å². The molecule has 0 saturated carbocycles. The van der Waals surface area contributed by atoms with Gasteiger partial charge in [-0.15, -0.1) is 11.3 Å². The summed E-state index contributed by atoms with van der Waals surface area (Å²) < 4.78 is 5.24. The van der Waals surface area contributed by atoms with Gasteiger partial charge in [-0.25, -0.2) is 4.98 Å². The van der Waals surface area contributed by atoms with E-state index in [4.69, 9.17) is 4.74 Å². The number of aromatic nitrogens is 2. The Labute approximate surface area is 143 Å². The number of hydrogen-bond donors (Lipinski definition) is 2. The molecule has 2 heterocycles. The van der Waals surface area contributed by atoms with Crippen LogP contribution in [0.5, 0.6) is 5.75 Å². The van der Waals surface area contributed by atoms with Crippen LogP contribution in [0.15, 0.2) is 54.2 Å². The molecule has 0 spiro atoms. The van der Waals surface area contributed by atoms with Gasteiger partial charge in [0.2, 0.25) is 5.91 Å². The van der Waals surface area contributed by atoms with E-state index in [1.165, 1.54) is 11.3 Å². The molecule has 0 unspecified atom stereocenters. The lowest BCUT2D eigenvalue weighted by atomic mass is 10.2. The van der Waals surface area contributed by atoms with Gasteiger partial charge in [0.15, 0.2) is 5.13 Å². The third-order valence-corrected chi connectivity index (χ3v) is 4.03. The smallest absolute Gasteiger partial charge is 0.245 e. The molecule has 2 N–H and O–H groups in total. The molecule has 0 radical (unpaired) electrons. The number of amides is 1. The van der Waals surface area contributed by atoms with E-state index in [9.17, 15) is 4.79 Å². The summed E-state index contributed by atoms with van der Waals surface area (Å²) in [5.41, 5.74) is 2.55. The highest BCUT2D eigenvalue weighted by Gasteiger charge is 2.09. The van der Waals surface area contributed by atoms with Crippen molar-refractivity contribution in [3.8, 4) is 17.0 Å². The monoisotopic (exact) mass is 340 g/mol. The van der Waals surface area contributed by atoms with E-state index in [1.807, 2.05) is 41.8 Å². The summed E-state index contributed by atoms with van der Waals surface area (Å²) in [6, 6.07) is 11.2. The molecule has 0 aliphatic rings. The summed E-state index contributed by atoms with van der Waals surface area (Å²) in [5, 5.41) is 8.31. The van der Waals surface area contributed by atoms with Crippen LogP contribution in [0.2, 0.25) is 0 Å². The maximum Gasteiger partial charge on any atom is 0.245 e. The van der Waals surface area contributed by atoms with Gasteiger partial charge in [0.05, 0.1) is 25.0 Å². The summed E-state index contributed by atoms with van der Waals surface area (Å²) in [4.78, 5) is 20.5. The van der Waals surface area contributed by atoms with Gasteiger partial charge in [0.1, 0.15) is 5.75 Å². The molecule has 0 aliphatic carbocycles. The minimum Gasteiger partial charge on any atom is -0.495 e. The van der Waals surface area contributed by atoms with E-state index < -0.39 is 0 Å². The molecule has 0 atom stereocenters. The molecule has 0 bridgehead atoms. The van der Waals surface area contributed by atoms with E-state index in [1.54, 1.807) is 19.5 Å². The highest BCUT2D eigenvalue weighted by molar-refractivity contribution is 7.14. The molecule has 3 rings (SSSR count). The number of thiazole rings is 1. The Hall–Kier alpha value is -2.93. The number of pyridine rings is 1. The van der Waals surface area contributed by atoms with Crippen LogP contribution in [0.25, 0.3) is 11.3 Å². The van der Waals surface area contributed by atoms with Crippen molar-refractivity contribution >= 4 is 28.1 Å². The molecule has 3 aromatic rings. The summed E-state index contributed by atoms with van der Waals surface area (Å²) in [5.74, 6) is 0.524. The van der Waals surface area contributed by atoms with E-state index in [2.05, 4.69) is 20.6 Å². The largest absolute Gasteiger partial charge is 0.495 e. The number of benzene rings is 1. The first-order chi connectivity index (χ1) is 11.8. The second kappa shape index (κ2) is 7.56. The molecule has 1 amide bonds. The topological polar surface area (TPSA) is 76.1 Å². The SMILES string of the molecule is COc1ccccc1NCC(=O)Nc1nc(-c2ccncc2)cs1. The van der Waals surface area contributed by atoms with Crippen LogP contribution < -0.4 is 15.4 Å². The van der Waals surface area contributed by atoms with Gasteiger partial charge < -0.3 is 15.4 Å². The molecule has 0 fully saturated rings. The van der Waals surface area contributed by atoms with Crippen LogP contribution in [-0.4, -0.2) is 29.5 Å². The number of carbonyl (C=O) groups excluding carboxylic acids is 1. The lowest BCUT2D eigenvalue weighted by molar-refractivity contribution is -0.114. The molecular weight excluding hydrogens is 324 g/mol. The van der Waals surface area contributed by atoms with Crippen LogP contribution in [0.4, 0.5) is 10.8 Å². The first-order valence-electron chi connectivity index (χ1n) is 7.29. The van der Waals surface area contributed by atoms with E-state index in [0.29, 0.717) is 10.9 Å². The van der Waals surface area contributed by atoms with Gasteiger partial charge in [-0.2, -0.15) is 0 Å². The van der Waals surface area contributed by atoms with Gasteiger partial charge in [0.25, 0.3) is 0 Å². The second-order valence-corrected chi connectivity index (χ2v) is 5.73. The van der Waals surface area contributed by atoms with E-state index in [-0.39, 0.29) is 12.5 Å². The fourth-order valence-electron chi connectivity index (χ4n) is 2.12. The van der Waals surface area contributed by atoms with E-state index in [0.717, 1.165) is 16.9 Å². The quantitative estimate of drug-likeness (QED) is 0.720. The van der Waals surface area contributed by atoms with Crippen molar-refractivity contribution in [1.82, 2.24) is 9.97 Å². The average molecular weight is 340 g/mol. The second-order valence-electron chi connectivity index (χ2n) is 4.88. The number of hydrogen-bond acceptors (Lipinski definition) is 6. The van der Waals surface area contributed by atoms with Gasteiger partial charge in [-0.05, 0) is 24.3 Å². The fraction of sp³-hybridized carbons (Fsp3) is 0.118. The molecule has 2 aromatic heterocycles. The van der Waals surface area contributed by atoms with Crippen LogP contribution in [0.3, 0.4) is 0 Å². The molecule has 7 heteroatoms. The zero-order valence-corrected chi connectivity index (χ0v) is 13.8. The number of ether oxygens (including phenoxy) is 1. The summed E-state index contributed by atoms with van der Waals surface area (Å²) >= 11 is 1.39. The molecule has 122 valence electrons. The van der Waals surface area contributed by atoms with Crippen LogP contribution >= 0.6 is 11.3 Å². The highest BCUT2D eigenvalue weighted by atomic mass is 32.1. The normalized spacial score (nSPS) is 10.2. The van der Waals surface area contributed by atoms with Gasteiger partial charge in [-0.3, -0.25) is 9.78 Å². The standard InChI is InChI=1S/C17H16N4O2S/c1-23-15-5-3-2-4-13(15)19-10-16(22)21-17-20-14(11-24-17)12-6-8-18-9-7-12/h2-9,11,19H,10H2,1H3,(H,20,21,22). The summed E-state index contributed by atoms with van der Waals surface area (Å²) in [7, 11) is 1.59. The molecule has 0 aliphatic heterocycles. The van der Waals surface area contributed by atoms with Gasteiger partial charge in [0, 0.05) is 23.3 Å². The fourth-order valence-corrected chi connectivity index (χ4v) is 2.85.